The fraction of sp³-hybridized carbons (Fsp3) is 0.231. The predicted octanol–water partition coefficient (Wildman–Crippen LogP) is 1.79. The first-order chi connectivity index (χ1) is 10.1. The molecule has 0 atom stereocenters. The summed E-state index contributed by atoms with van der Waals surface area (Å²) < 4.78 is 3.03. The summed E-state index contributed by atoms with van der Waals surface area (Å²) in [4.78, 5) is 29.2. The van der Waals surface area contributed by atoms with Crippen LogP contribution in [0.5, 0.6) is 0 Å². The van der Waals surface area contributed by atoms with Crippen molar-refractivity contribution in [2.45, 2.75) is 19.9 Å². The number of anilines is 1. The lowest BCUT2D eigenvalue weighted by Gasteiger charge is -2.11. The minimum atomic E-state index is -0.490. The van der Waals surface area contributed by atoms with Crippen molar-refractivity contribution in [2.24, 2.45) is 0 Å². The Morgan fingerprint density at radius 1 is 1.43 bits per heavy atom. The van der Waals surface area contributed by atoms with Crippen molar-refractivity contribution in [3.8, 4) is 0 Å². The highest BCUT2D eigenvalue weighted by Gasteiger charge is 2.16. The number of fused-ring (bicyclic) bond motifs is 1. The van der Waals surface area contributed by atoms with Crippen molar-refractivity contribution in [3.63, 3.8) is 0 Å². The van der Waals surface area contributed by atoms with E-state index in [1.165, 1.54) is 21.9 Å². The van der Waals surface area contributed by atoms with Gasteiger partial charge in [0.1, 0.15) is 11.4 Å². The van der Waals surface area contributed by atoms with E-state index in [1.54, 1.807) is 28.5 Å². The van der Waals surface area contributed by atoms with Crippen LogP contribution in [0.4, 0.5) is 5.82 Å². The van der Waals surface area contributed by atoms with E-state index < -0.39 is 5.91 Å². The monoisotopic (exact) mass is 303 g/mol. The minimum Gasteiger partial charge on any atom is -0.307 e. The van der Waals surface area contributed by atoms with Gasteiger partial charge < -0.3 is 5.32 Å². The van der Waals surface area contributed by atoms with Crippen molar-refractivity contribution in [2.75, 3.05) is 5.32 Å². The average Bonchev–Trinajstić information content (AvgIpc) is 3.07. The van der Waals surface area contributed by atoms with Crippen LogP contribution < -0.4 is 10.9 Å². The molecule has 1 N–H and O–H groups in total. The number of amides is 1. The zero-order valence-electron chi connectivity index (χ0n) is 11.5. The van der Waals surface area contributed by atoms with E-state index in [2.05, 4.69) is 15.4 Å². The normalized spacial score (nSPS) is 11.2. The molecule has 3 aromatic heterocycles. The van der Waals surface area contributed by atoms with Crippen LogP contribution in [0.2, 0.25) is 0 Å². The number of thiazole rings is 1. The molecule has 3 aromatic rings. The van der Waals surface area contributed by atoms with E-state index in [9.17, 15) is 9.59 Å². The molecule has 108 valence electrons. The predicted molar refractivity (Wildman–Crippen MR) is 79.9 cm³/mol. The molecule has 3 rings (SSSR count). The Morgan fingerprint density at radius 3 is 3.00 bits per heavy atom. The molecule has 7 nitrogen and oxygen atoms in total. The van der Waals surface area contributed by atoms with Crippen LogP contribution >= 0.6 is 11.3 Å². The number of nitrogens with one attached hydrogen (secondary N) is 1. The summed E-state index contributed by atoms with van der Waals surface area (Å²) in [6.07, 6.45) is 4.51. The molecular weight excluding hydrogens is 290 g/mol. The molecule has 0 spiro atoms. The van der Waals surface area contributed by atoms with Crippen LogP contribution in [0.1, 0.15) is 30.2 Å². The molecule has 0 fully saturated rings. The van der Waals surface area contributed by atoms with Crippen LogP contribution in [0, 0.1) is 0 Å². The van der Waals surface area contributed by atoms with Crippen LogP contribution in [0.3, 0.4) is 0 Å². The summed E-state index contributed by atoms with van der Waals surface area (Å²) in [5.74, 6) is 0.0558. The molecule has 0 aliphatic carbocycles. The first-order valence-electron chi connectivity index (χ1n) is 6.37. The van der Waals surface area contributed by atoms with Crippen molar-refractivity contribution >= 4 is 28.0 Å². The lowest BCUT2D eigenvalue weighted by atomic mass is 10.3. The first-order valence-corrected chi connectivity index (χ1v) is 7.25. The lowest BCUT2D eigenvalue weighted by Crippen LogP contribution is -2.26. The number of nitrogens with zero attached hydrogens (tertiary/aromatic N) is 4. The Labute approximate surface area is 123 Å². The van der Waals surface area contributed by atoms with Gasteiger partial charge >= 0.3 is 0 Å². The quantitative estimate of drug-likeness (QED) is 0.799. The maximum atomic E-state index is 12.3. The van der Waals surface area contributed by atoms with Crippen LogP contribution in [0.15, 0.2) is 34.8 Å². The third-order valence-electron chi connectivity index (χ3n) is 2.99. The lowest BCUT2D eigenvalue weighted by molar-refractivity contribution is 0.102. The average molecular weight is 303 g/mol. The van der Waals surface area contributed by atoms with E-state index >= 15 is 0 Å². The Hall–Kier alpha value is -2.48. The van der Waals surface area contributed by atoms with E-state index in [-0.39, 0.29) is 17.2 Å². The third-order valence-corrected chi connectivity index (χ3v) is 3.76. The zero-order valence-corrected chi connectivity index (χ0v) is 12.3. The highest BCUT2D eigenvalue weighted by Crippen LogP contribution is 2.14. The Bertz CT molecular complexity index is 861. The number of rotatable bonds is 3. The number of carbonyl (C=O) groups is 1. The summed E-state index contributed by atoms with van der Waals surface area (Å²) >= 11 is 1.34. The molecule has 0 saturated carbocycles. The fourth-order valence-corrected chi connectivity index (χ4v) is 2.66. The molecule has 21 heavy (non-hydrogen) atoms. The molecule has 0 unspecified atom stereocenters. The van der Waals surface area contributed by atoms with Gasteiger partial charge in [-0.15, -0.1) is 11.3 Å². The van der Waals surface area contributed by atoms with Crippen molar-refractivity contribution < 1.29 is 4.79 Å². The Kier molecular flexibility index (Phi) is 3.30. The van der Waals surface area contributed by atoms with Gasteiger partial charge in [0.05, 0.1) is 6.20 Å². The third kappa shape index (κ3) is 2.33. The van der Waals surface area contributed by atoms with E-state index in [0.29, 0.717) is 10.8 Å². The van der Waals surface area contributed by atoms with Gasteiger partial charge in [0.15, 0.2) is 4.96 Å². The Balaban J connectivity index is 1.95. The topological polar surface area (TPSA) is 81.3 Å². The van der Waals surface area contributed by atoms with Crippen molar-refractivity contribution in [1.29, 1.82) is 0 Å². The molecule has 8 heteroatoms. The SMILES string of the molecule is CC(C)n1nccc1NC(=O)c1cnc2sccn2c1=O. The molecule has 0 aliphatic rings. The van der Waals surface area contributed by atoms with Gasteiger partial charge in [-0.1, -0.05) is 0 Å². The molecule has 1 amide bonds. The first kappa shape index (κ1) is 13.5. The zero-order chi connectivity index (χ0) is 15.0. The number of hydrogen-bond donors (Lipinski definition) is 1. The highest BCUT2D eigenvalue weighted by atomic mass is 32.1. The summed E-state index contributed by atoms with van der Waals surface area (Å²) in [7, 11) is 0. The maximum absolute atomic E-state index is 12.3. The minimum absolute atomic E-state index is 0.00223. The van der Waals surface area contributed by atoms with E-state index in [1.807, 2.05) is 13.8 Å². The van der Waals surface area contributed by atoms with Gasteiger partial charge in [-0.25, -0.2) is 9.67 Å². The van der Waals surface area contributed by atoms with Crippen molar-refractivity contribution in [3.05, 3.63) is 46.0 Å². The number of hydrogen-bond acceptors (Lipinski definition) is 5. The second-order valence-corrected chi connectivity index (χ2v) is 5.61. The molecule has 0 aliphatic heterocycles. The van der Waals surface area contributed by atoms with Crippen LogP contribution in [-0.2, 0) is 0 Å². The summed E-state index contributed by atoms with van der Waals surface area (Å²) in [5, 5.41) is 8.58. The van der Waals surface area contributed by atoms with Gasteiger partial charge in [-0.05, 0) is 13.8 Å². The number of aromatic nitrogens is 4. The van der Waals surface area contributed by atoms with Crippen LogP contribution in [0.25, 0.3) is 4.96 Å². The summed E-state index contributed by atoms with van der Waals surface area (Å²) in [6.45, 7) is 3.91. The summed E-state index contributed by atoms with van der Waals surface area (Å²) in [5.41, 5.74) is -0.378. The van der Waals surface area contributed by atoms with Crippen molar-refractivity contribution in [1.82, 2.24) is 19.2 Å². The molecular formula is C13H13N5O2S. The molecule has 0 saturated heterocycles. The van der Waals surface area contributed by atoms with Gasteiger partial charge in [0, 0.05) is 29.9 Å². The maximum Gasteiger partial charge on any atom is 0.271 e. The second-order valence-electron chi connectivity index (χ2n) is 4.74. The fourth-order valence-electron chi connectivity index (χ4n) is 1.99. The van der Waals surface area contributed by atoms with Gasteiger partial charge in [0.25, 0.3) is 11.5 Å². The second kappa shape index (κ2) is 5.13. The van der Waals surface area contributed by atoms with Gasteiger partial charge in [-0.2, -0.15) is 5.10 Å². The summed E-state index contributed by atoms with van der Waals surface area (Å²) in [6, 6.07) is 1.79. The van der Waals surface area contributed by atoms with Gasteiger partial charge in [-0.3, -0.25) is 14.0 Å². The van der Waals surface area contributed by atoms with E-state index in [4.69, 9.17) is 0 Å². The molecule has 0 aromatic carbocycles. The number of carbonyl (C=O) groups excluding carboxylic acids is 1. The van der Waals surface area contributed by atoms with E-state index in [0.717, 1.165) is 0 Å². The van der Waals surface area contributed by atoms with Crippen LogP contribution in [-0.4, -0.2) is 25.1 Å². The molecule has 0 bridgehead atoms. The smallest absolute Gasteiger partial charge is 0.271 e. The largest absolute Gasteiger partial charge is 0.307 e. The molecule has 3 heterocycles. The standard InChI is InChI=1S/C13H13N5O2S/c1-8(2)18-10(3-4-15-18)16-11(19)9-7-14-13-17(12(9)20)5-6-21-13/h3-8H,1-2H3,(H,16,19). The van der Waals surface area contributed by atoms with Gasteiger partial charge in [0.2, 0.25) is 0 Å². The highest BCUT2D eigenvalue weighted by molar-refractivity contribution is 7.15. The Morgan fingerprint density at radius 2 is 2.24 bits per heavy atom. The molecule has 0 radical (unpaired) electrons.